The van der Waals surface area contributed by atoms with E-state index in [9.17, 15) is 14.9 Å². The molecular formula is C16H16N4O5S. The summed E-state index contributed by atoms with van der Waals surface area (Å²) in [6.07, 6.45) is 0. The van der Waals surface area contributed by atoms with Crippen molar-refractivity contribution in [2.24, 2.45) is 0 Å². The molecule has 0 spiro atoms. The van der Waals surface area contributed by atoms with Gasteiger partial charge in [-0.1, -0.05) is 12.1 Å². The molecule has 9 nitrogen and oxygen atoms in total. The number of rotatable bonds is 6. The van der Waals surface area contributed by atoms with Gasteiger partial charge in [0.05, 0.1) is 12.0 Å². The van der Waals surface area contributed by atoms with Crippen LogP contribution in [0.2, 0.25) is 0 Å². The SMILES string of the molecule is COc1ccc(NC(=S)NNC(=O)COc2ccccc2[N+](=O)[O-])cc1. The van der Waals surface area contributed by atoms with Crippen LogP contribution < -0.4 is 25.6 Å². The van der Waals surface area contributed by atoms with Crippen LogP contribution in [-0.2, 0) is 4.79 Å². The number of nitro benzene ring substituents is 1. The molecule has 136 valence electrons. The highest BCUT2D eigenvalue weighted by atomic mass is 32.1. The number of thiocarbonyl (C=S) groups is 1. The largest absolute Gasteiger partial charge is 0.497 e. The molecule has 0 atom stereocenters. The van der Waals surface area contributed by atoms with E-state index in [1.54, 1.807) is 37.4 Å². The van der Waals surface area contributed by atoms with Crippen molar-refractivity contribution in [1.29, 1.82) is 0 Å². The smallest absolute Gasteiger partial charge is 0.310 e. The second-order valence-corrected chi connectivity index (χ2v) is 5.28. The van der Waals surface area contributed by atoms with Crippen LogP contribution in [0.25, 0.3) is 0 Å². The first-order chi connectivity index (χ1) is 12.5. The third kappa shape index (κ3) is 5.60. The van der Waals surface area contributed by atoms with E-state index in [1.807, 2.05) is 0 Å². The zero-order valence-electron chi connectivity index (χ0n) is 13.7. The monoisotopic (exact) mass is 376 g/mol. The molecule has 2 aromatic carbocycles. The quantitative estimate of drug-likeness (QED) is 0.398. The molecule has 0 aromatic heterocycles. The molecule has 0 aliphatic heterocycles. The lowest BCUT2D eigenvalue weighted by atomic mass is 10.3. The molecule has 0 fully saturated rings. The van der Waals surface area contributed by atoms with Crippen LogP contribution in [0.15, 0.2) is 48.5 Å². The highest BCUT2D eigenvalue weighted by Crippen LogP contribution is 2.25. The van der Waals surface area contributed by atoms with Gasteiger partial charge in [-0.05, 0) is 42.5 Å². The van der Waals surface area contributed by atoms with Gasteiger partial charge in [-0.3, -0.25) is 25.8 Å². The van der Waals surface area contributed by atoms with E-state index >= 15 is 0 Å². The average molecular weight is 376 g/mol. The molecule has 0 saturated heterocycles. The minimum absolute atomic E-state index is 0.00610. The van der Waals surface area contributed by atoms with E-state index in [2.05, 4.69) is 16.2 Å². The summed E-state index contributed by atoms with van der Waals surface area (Å²) in [5.41, 5.74) is 5.33. The summed E-state index contributed by atoms with van der Waals surface area (Å²) in [6.45, 7) is -0.414. The van der Waals surface area contributed by atoms with Gasteiger partial charge < -0.3 is 14.8 Å². The number of hydrazine groups is 1. The molecule has 0 aliphatic carbocycles. The summed E-state index contributed by atoms with van der Waals surface area (Å²) in [6, 6.07) is 12.8. The number of ether oxygens (including phenoxy) is 2. The van der Waals surface area contributed by atoms with Crippen molar-refractivity contribution in [1.82, 2.24) is 10.9 Å². The molecule has 1 amide bonds. The Bertz CT molecular complexity index is 797. The zero-order chi connectivity index (χ0) is 18.9. The number of nitro groups is 1. The van der Waals surface area contributed by atoms with Crippen LogP contribution in [0.4, 0.5) is 11.4 Å². The number of anilines is 1. The van der Waals surface area contributed by atoms with Gasteiger partial charge in [-0.25, -0.2) is 0 Å². The molecule has 26 heavy (non-hydrogen) atoms. The standard InChI is InChI=1S/C16H16N4O5S/c1-24-12-8-6-11(7-9-12)17-16(26)19-18-15(21)10-25-14-5-3-2-4-13(14)20(22)23/h2-9H,10H2,1H3,(H,18,21)(H2,17,19,26). The van der Waals surface area contributed by atoms with E-state index in [4.69, 9.17) is 21.7 Å². The summed E-state index contributed by atoms with van der Waals surface area (Å²) >= 11 is 5.05. The topological polar surface area (TPSA) is 115 Å². The number of nitrogens with zero attached hydrogens (tertiary/aromatic N) is 1. The normalized spacial score (nSPS) is 9.73. The predicted molar refractivity (Wildman–Crippen MR) is 99.1 cm³/mol. The van der Waals surface area contributed by atoms with E-state index < -0.39 is 17.4 Å². The third-order valence-electron chi connectivity index (χ3n) is 3.08. The fraction of sp³-hybridized carbons (Fsp3) is 0.125. The van der Waals surface area contributed by atoms with Crippen LogP contribution in [0.3, 0.4) is 0 Å². The Morgan fingerprint density at radius 2 is 1.85 bits per heavy atom. The van der Waals surface area contributed by atoms with Gasteiger partial charge in [-0.2, -0.15) is 0 Å². The number of hydrogen-bond donors (Lipinski definition) is 3. The Labute approximate surface area is 154 Å². The molecule has 0 heterocycles. The number of benzene rings is 2. The molecule has 3 N–H and O–H groups in total. The number of amides is 1. The number of para-hydroxylation sites is 2. The van der Waals surface area contributed by atoms with Gasteiger partial charge in [0, 0.05) is 11.8 Å². The van der Waals surface area contributed by atoms with Crippen LogP contribution in [0, 0.1) is 10.1 Å². The molecule has 10 heteroatoms. The van der Waals surface area contributed by atoms with Gasteiger partial charge in [0.15, 0.2) is 17.5 Å². The molecule has 0 aliphatic rings. The average Bonchev–Trinajstić information content (AvgIpc) is 2.65. The van der Waals surface area contributed by atoms with Gasteiger partial charge in [0.1, 0.15) is 5.75 Å². The van der Waals surface area contributed by atoms with Crippen molar-refractivity contribution in [2.75, 3.05) is 19.0 Å². The molecule has 0 saturated carbocycles. The van der Waals surface area contributed by atoms with E-state index in [0.717, 1.165) is 0 Å². The number of carbonyl (C=O) groups excluding carboxylic acids is 1. The summed E-state index contributed by atoms with van der Waals surface area (Å²) in [4.78, 5) is 22.1. The van der Waals surface area contributed by atoms with Crippen LogP contribution in [0.1, 0.15) is 0 Å². The fourth-order valence-electron chi connectivity index (χ4n) is 1.87. The van der Waals surface area contributed by atoms with Gasteiger partial charge >= 0.3 is 5.69 Å². The molecule has 0 radical (unpaired) electrons. The van der Waals surface area contributed by atoms with Crippen LogP contribution in [0.5, 0.6) is 11.5 Å². The van der Waals surface area contributed by atoms with Crippen LogP contribution >= 0.6 is 12.2 Å². The Morgan fingerprint density at radius 1 is 1.15 bits per heavy atom. The number of carbonyl (C=O) groups is 1. The van der Waals surface area contributed by atoms with Gasteiger partial charge in [-0.15, -0.1) is 0 Å². The zero-order valence-corrected chi connectivity index (χ0v) is 14.5. The highest BCUT2D eigenvalue weighted by Gasteiger charge is 2.14. The summed E-state index contributed by atoms with van der Waals surface area (Å²) in [5, 5.41) is 13.9. The lowest BCUT2D eigenvalue weighted by Crippen LogP contribution is -2.45. The van der Waals surface area contributed by atoms with E-state index in [0.29, 0.717) is 11.4 Å². The Balaban J connectivity index is 1.77. The Kier molecular flexibility index (Phi) is 6.68. The van der Waals surface area contributed by atoms with Crippen LogP contribution in [-0.4, -0.2) is 29.7 Å². The van der Waals surface area contributed by atoms with Crippen molar-refractivity contribution >= 4 is 34.6 Å². The first kappa shape index (κ1) is 18.9. The molecule has 0 bridgehead atoms. The van der Waals surface area contributed by atoms with E-state index in [1.165, 1.54) is 18.2 Å². The molecule has 0 unspecified atom stereocenters. The second-order valence-electron chi connectivity index (χ2n) is 4.87. The molecular weight excluding hydrogens is 360 g/mol. The highest BCUT2D eigenvalue weighted by molar-refractivity contribution is 7.80. The maximum atomic E-state index is 11.8. The van der Waals surface area contributed by atoms with Gasteiger partial charge in [0.2, 0.25) is 0 Å². The number of hydrogen-bond acceptors (Lipinski definition) is 6. The molecule has 2 aromatic rings. The van der Waals surface area contributed by atoms with Crippen molar-refractivity contribution in [3.05, 3.63) is 58.6 Å². The fourth-order valence-corrected chi connectivity index (χ4v) is 2.04. The van der Waals surface area contributed by atoms with Crippen molar-refractivity contribution in [2.45, 2.75) is 0 Å². The Hall–Kier alpha value is -3.40. The van der Waals surface area contributed by atoms with Crippen molar-refractivity contribution in [3.8, 4) is 11.5 Å². The predicted octanol–water partition coefficient (Wildman–Crippen LogP) is 2.00. The molecule has 2 rings (SSSR count). The first-order valence-electron chi connectivity index (χ1n) is 7.35. The van der Waals surface area contributed by atoms with Crippen molar-refractivity contribution in [3.63, 3.8) is 0 Å². The summed E-state index contributed by atoms with van der Waals surface area (Å²) in [5.74, 6) is 0.156. The number of nitrogens with one attached hydrogen (secondary N) is 3. The van der Waals surface area contributed by atoms with Crippen molar-refractivity contribution < 1.29 is 19.2 Å². The van der Waals surface area contributed by atoms with E-state index in [-0.39, 0.29) is 16.5 Å². The third-order valence-corrected chi connectivity index (χ3v) is 3.29. The minimum Gasteiger partial charge on any atom is -0.497 e. The Morgan fingerprint density at radius 3 is 2.50 bits per heavy atom. The lowest BCUT2D eigenvalue weighted by Gasteiger charge is -2.12. The maximum Gasteiger partial charge on any atom is 0.310 e. The van der Waals surface area contributed by atoms with Gasteiger partial charge in [0.25, 0.3) is 5.91 Å². The number of methoxy groups -OCH3 is 1. The minimum atomic E-state index is -0.584. The summed E-state index contributed by atoms with van der Waals surface area (Å²) < 4.78 is 10.2. The second kappa shape index (κ2) is 9.18. The lowest BCUT2D eigenvalue weighted by molar-refractivity contribution is -0.385. The maximum absolute atomic E-state index is 11.8. The first-order valence-corrected chi connectivity index (χ1v) is 7.76. The summed E-state index contributed by atoms with van der Waals surface area (Å²) in [7, 11) is 1.57.